The normalized spacial score (nSPS) is 11.4. The Morgan fingerprint density at radius 3 is 2.78 bits per heavy atom. The molecule has 6 heteroatoms. The van der Waals surface area contributed by atoms with Crippen LogP contribution in [0, 0.1) is 4.77 Å². The van der Waals surface area contributed by atoms with Crippen LogP contribution in [0.4, 0.5) is 0 Å². The lowest BCUT2D eigenvalue weighted by molar-refractivity contribution is 0.661. The van der Waals surface area contributed by atoms with Crippen molar-refractivity contribution >= 4 is 12.2 Å². The lowest BCUT2D eigenvalue weighted by atomic mass is 10.2. The number of aromatic amines is 1. The third-order valence-corrected chi connectivity index (χ3v) is 3.27. The van der Waals surface area contributed by atoms with E-state index in [4.69, 9.17) is 12.2 Å². The molecule has 0 radical (unpaired) electrons. The SMILES string of the molecule is CCc1nn(C)cc1Cn1c(C(C)C)n[nH]c1=S. The minimum atomic E-state index is 0.347. The summed E-state index contributed by atoms with van der Waals surface area (Å²) in [5.41, 5.74) is 2.33. The largest absolute Gasteiger partial charge is 0.299 e. The topological polar surface area (TPSA) is 51.4 Å². The van der Waals surface area contributed by atoms with Crippen molar-refractivity contribution in [2.24, 2.45) is 7.05 Å². The van der Waals surface area contributed by atoms with Crippen molar-refractivity contribution in [1.29, 1.82) is 0 Å². The third kappa shape index (κ3) is 2.38. The minimum Gasteiger partial charge on any atom is -0.299 e. The fraction of sp³-hybridized carbons (Fsp3) is 0.583. The predicted octanol–water partition coefficient (Wildman–Crippen LogP) is 2.41. The first-order valence-electron chi connectivity index (χ1n) is 6.19. The number of aromatic nitrogens is 5. The molecule has 0 aliphatic rings. The fourth-order valence-electron chi connectivity index (χ4n) is 2.11. The zero-order valence-corrected chi connectivity index (χ0v) is 12.1. The van der Waals surface area contributed by atoms with Crippen molar-refractivity contribution in [2.45, 2.75) is 39.7 Å². The van der Waals surface area contributed by atoms with Crippen LogP contribution >= 0.6 is 12.2 Å². The van der Waals surface area contributed by atoms with E-state index in [0.717, 1.165) is 24.5 Å². The van der Waals surface area contributed by atoms with Gasteiger partial charge in [-0.15, -0.1) is 0 Å². The van der Waals surface area contributed by atoms with Crippen molar-refractivity contribution in [3.63, 3.8) is 0 Å². The maximum Gasteiger partial charge on any atom is 0.195 e. The molecule has 0 bridgehead atoms. The molecule has 0 atom stereocenters. The quantitative estimate of drug-likeness (QED) is 0.864. The third-order valence-electron chi connectivity index (χ3n) is 2.96. The molecule has 0 spiro atoms. The number of H-pyrrole nitrogens is 1. The molecule has 2 rings (SSSR count). The molecule has 0 saturated carbocycles. The van der Waals surface area contributed by atoms with Crippen molar-refractivity contribution in [1.82, 2.24) is 24.5 Å². The first-order valence-corrected chi connectivity index (χ1v) is 6.60. The summed E-state index contributed by atoms with van der Waals surface area (Å²) in [7, 11) is 1.95. The molecule has 2 aromatic heterocycles. The van der Waals surface area contributed by atoms with Crippen LogP contribution in [0.25, 0.3) is 0 Å². The summed E-state index contributed by atoms with van der Waals surface area (Å²) in [6.07, 6.45) is 2.98. The number of nitrogens with one attached hydrogen (secondary N) is 1. The number of hydrogen-bond acceptors (Lipinski definition) is 3. The van der Waals surface area contributed by atoms with Gasteiger partial charge in [-0.25, -0.2) is 0 Å². The molecule has 0 aliphatic carbocycles. The Morgan fingerprint density at radius 2 is 2.17 bits per heavy atom. The van der Waals surface area contributed by atoms with E-state index >= 15 is 0 Å². The molecule has 18 heavy (non-hydrogen) atoms. The smallest absolute Gasteiger partial charge is 0.195 e. The molecule has 5 nitrogen and oxygen atoms in total. The summed E-state index contributed by atoms with van der Waals surface area (Å²) in [6.45, 7) is 7.08. The van der Waals surface area contributed by atoms with Crippen LogP contribution in [0.3, 0.4) is 0 Å². The number of nitrogens with zero attached hydrogens (tertiary/aromatic N) is 4. The zero-order chi connectivity index (χ0) is 13.3. The molecular formula is C12H19N5S. The molecule has 0 aliphatic heterocycles. The molecular weight excluding hydrogens is 246 g/mol. The van der Waals surface area contributed by atoms with Gasteiger partial charge in [0.1, 0.15) is 5.82 Å². The van der Waals surface area contributed by atoms with Gasteiger partial charge in [-0.1, -0.05) is 20.8 Å². The van der Waals surface area contributed by atoms with Gasteiger partial charge in [0.25, 0.3) is 0 Å². The highest BCUT2D eigenvalue weighted by atomic mass is 32.1. The lowest BCUT2D eigenvalue weighted by Gasteiger charge is -2.08. The first-order chi connectivity index (χ1) is 8.52. The second kappa shape index (κ2) is 5.06. The Labute approximate surface area is 112 Å². The van der Waals surface area contributed by atoms with Gasteiger partial charge in [0.2, 0.25) is 0 Å². The molecule has 2 heterocycles. The van der Waals surface area contributed by atoms with Crippen molar-refractivity contribution in [2.75, 3.05) is 0 Å². The van der Waals surface area contributed by atoms with Crippen LogP contribution in [0.15, 0.2) is 6.20 Å². The number of aryl methyl sites for hydroxylation is 2. The number of rotatable bonds is 4. The minimum absolute atomic E-state index is 0.347. The van der Waals surface area contributed by atoms with Crippen LogP contribution in [0.2, 0.25) is 0 Å². The van der Waals surface area contributed by atoms with Crippen LogP contribution in [0.1, 0.15) is 43.8 Å². The standard InChI is InChI=1S/C12H19N5S/c1-5-10-9(6-16(4)15-10)7-17-11(8(2)3)13-14-12(17)18/h6,8H,5,7H2,1-4H3,(H,14,18). The van der Waals surface area contributed by atoms with Crippen LogP contribution in [-0.2, 0) is 20.0 Å². The van der Waals surface area contributed by atoms with Gasteiger partial charge in [-0.05, 0) is 18.6 Å². The molecule has 0 unspecified atom stereocenters. The molecule has 0 fully saturated rings. The highest BCUT2D eigenvalue weighted by Crippen LogP contribution is 2.15. The molecule has 0 saturated heterocycles. The van der Waals surface area contributed by atoms with Gasteiger partial charge in [0, 0.05) is 24.7 Å². The van der Waals surface area contributed by atoms with Gasteiger partial charge in [0.05, 0.1) is 12.2 Å². The van der Waals surface area contributed by atoms with Gasteiger partial charge < -0.3 is 0 Å². The Morgan fingerprint density at radius 1 is 1.44 bits per heavy atom. The highest BCUT2D eigenvalue weighted by molar-refractivity contribution is 7.71. The molecule has 98 valence electrons. The molecule has 2 aromatic rings. The van der Waals surface area contributed by atoms with Gasteiger partial charge >= 0.3 is 0 Å². The van der Waals surface area contributed by atoms with Gasteiger partial charge in [-0.2, -0.15) is 10.2 Å². The Kier molecular flexibility index (Phi) is 3.65. The maximum absolute atomic E-state index is 5.30. The molecule has 0 amide bonds. The van der Waals surface area contributed by atoms with Crippen molar-refractivity contribution in [3.05, 3.63) is 28.0 Å². The van der Waals surface area contributed by atoms with E-state index in [-0.39, 0.29) is 0 Å². The van der Waals surface area contributed by atoms with Crippen molar-refractivity contribution in [3.8, 4) is 0 Å². The average molecular weight is 265 g/mol. The summed E-state index contributed by atoms with van der Waals surface area (Å²) in [5, 5.41) is 11.6. The average Bonchev–Trinajstić information content (AvgIpc) is 2.84. The number of hydrogen-bond donors (Lipinski definition) is 1. The zero-order valence-electron chi connectivity index (χ0n) is 11.3. The van der Waals surface area contributed by atoms with Gasteiger partial charge in [0.15, 0.2) is 4.77 Å². The van der Waals surface area contributed by atoms with Gasteiger partial charge in [-0.3, -0.25) is 14.3 Å². The Bertz CT molecular complexity index is 590. The maximum atomic E-state index is 5.30. The Hall–Kier alpha value is -1.43. The summed E-state index contributed by atoms with van der Waals surface area (Å²) in [5.74, 6) is 1.34. The second-order valence-electron chi connectivity index (χ2n) is 4.76. The summed E-state index contributed by atoms with van der Waals surface area (Å²) < 4.78 is 4.58. The lowest BCUT2D eigenvalue weighted by Crippen LogP contribution is -2.07. The van der Waals surface area contributed by atoms with E-state index in [9.17, 15) is 0 Å². The highest BCUT2D eigenvalue weighted by Gasteiger charge is 2.13. The second-order valence-corrected chi connectivity index (χ2v) is 5.14. The van der Waals surface area contributed by atoms with E-state index in [0.29, 0.717) is 10.7 Å². The fourth-order valence-corrected chi connectivity index (χ4v) is 2.31. The van der Waals surface area contributed by atoms with E-state index < -0.39 is 0 Å². The predicted molar refractivity (Wildman–Crippen MR) is 73.2 cm³/mol. The monoisotopic (exact) mass is 265 g/mol. The Balaban J connectivity index is 2.39. The van der Waals surface area contributed by atoms with Crippen LogP contribution in [0.5, 0.6) is 0 Å². The van der Waals surface area contributed by atoms with Crippen LogP contribution in [-0.4, -0.2) is 24.5 Å². The van der Waals surface area contributed by atoms with Crippen molar-refractivity contribution < 1.29 is 0 Å². The van der Waals surface area contributed by atoms with E-state index in [2.05, 4.69) is 46.8 Å². The van der Waals surface area contributed by atoms with Crippen LogP contribution < -0.4 is 0 Å². The first kappa shape index (κ1) is 13.0. The van der Waals surface area contributed by atoms with E-state index in [1.165, 1.54) is 5.56 Å². The van der Waals surface area contributed by atoms with E-state index in [1.54, 1.807) is 0 Å². The van der Waals surface area contributed by atoms with E-state index in [1.807, 2.05) is 11.7 Å². The summed E-state index contributed by atoms with van der Waals surface area (Å²) >= 11 is 5.30. The summed E-state index contributed by atoms with van der Waals surface area (Å²) in [4.78, 5) is 0. The summed E-state index contributed by atoms with van der Waals surface area (Å²) in [6, 6.07) is 0. The molecule has 0 aromatic carbocycles. The molecule has 1 N–H and O–H groups in total.